The first kappa shape index (κ1) is 19.7. The smallest absolute Gasteiger partial charge is 1.00 e. The van der Waals surface area contributed by atoms with Crippen LogP contribution in [-0.2, 0) is 41.8 Å². The summed E-state index contributed by atoms with van der Waals surface area (Å²) in [6, 6.07) is 0. The third kappa shape index (κ3) is 4.61. The van der Waals surface area contributed by atoms with Gasteiger partial charge in [0, 0.05) is 0 Å². The topological polar surface area (TPSA) is 8.81 Å². The second-order valence-corrected chi connectivity index (χ2v) is 2.52. The van der Waals surface area contributed by atoms with E-state index in [1.54, 1.807) is 23.2 Å². The van der Waals surface area contributed by atoms with Gasteiger partial charge in [0.05, 0.1) is 24.4 Å². The summed E-state index contributed by atoms with van der Waals surface area (Å²) < 4.78 is 3.26. The molecule has 1 heterocycles. The largest absolute Gasteiger partial charge is 2.00 e. The van der Waals surface area contributed by atoms with Gasteiger partial charge in [0.2, 0.25) is 6.33 Å². The van der Waals surface area contributed by atoms with Crippen LogP contribution < -0.4 is 52.5 Å². The van der Waals surface area contributed by atoms with Gasteiger partial charge >= 0.3 is 27.7 Å². The Hall–Kier alpha value is 2.19. The van der Waals surface area contributed by atoms with Crippen LogP contribution >= 0.6 is 23.2 Å². The molecule has 2 nitrogen and oxygen atoms in total. The summed E-state index contributed by atoms with van der Waals surface area (Å²) in [4.78, 5) is 0. The maximum Gasteiger partial charge on any atom is 2.00 e. The van der Waals surface area contributed by atoms with Gasteiger partial charge in [0.25, 0.3) is 0 Å². The molecule has 7 heteroatoms. The molecule has 0 fully saturated rings. The molecule has 0 N–H and O–H groups in total. The monoisotopic (exact) mass is 620 g/mol. The first-order valence-corrected chi connectivity index (χ1v) is 3.17. The molecule has 0 amide bonds. The number of aromatic nitrogens is 2. The van der Waals surface area contributed by atoms with E-state index in [1.807, 2.05) is 0 Å². The van der Waals surface area contributed by atoms with Gasteiger partial charge < -0.3 is 57.1 Å². The molecule has 66 valence electrons. The Morgan fingerprint density at radius 3 is 1.83 bits per heavy atom. The molecule has 12 heavy (non-hydrogen) atoms. The predicted molar refractivity (Wildman–Crippen MR) is 35.4 cm³/mol. The number of hydrogen-bond acceptors (Lipinski definition) is 0. The van der Waals surface area contributed by atoms with Gasteiger partial charge in [-0.2, -0.15) is 0 Å². The standard InChI is InChI=1S/C5H6Cl2N2.Hg.2HI/c1-8-3-9(2)5(7)4(8)6;;;/h1-2H3;;2*1H/q;+2;;/p-2. The van der Waals surface area contributed by atoms with Crippen molar-refractivity contribution >= 4 is 23.2 Å². The zero-order valence-electron chi connectivity index (χ0n) is 6.61. The minimum absolute atomic E-state index is 0. The van der Waals surface area contributed by atoms with E-state index in [0.29, 0.717) is 10.3 Å². The maximum absolute atomic E-state index is 5.68. The Bertz CT molecular complexity index is 219. The molecule has 0 unspecified atom stereocenters. The Kier molecular flexibility index (Phi) is 13.9. The summed E-state index contributed by atoms with van der Waals surface area (Å²) in [5.41, 5.74) is 0. The van der Waals surface area contributed by atoms with E-state index in [4.69, 9.17) is 23.2 Å². The van der Waals surface area contributed by atoms with Crippen LogP contribution in [0, 0.1) is 6.33 Å². The van der Waals surface area contributed by atoms with Crippen molar-refractivity contribution in [2.24, 2.45) is 14.1 Å². The van der Waals surface area contributed by atoms with E-state index in [2.05, 4.69) is 6.33 Å². The number of halogens is 4. The summed E-state index contributed by atoms with van der Waals surface area (Å²) in [6.45, 7) is 0. The molecule has 0 atom stereocenters. The zero-order chi connectivity index (χ0) is 7.02. The molecule has 0 saturated heterocycles. The SMILES string of the molecule is Cn1[c-][n+](C)c(Cl)c1Cl.[Hg+2].[I-].[I-]. The summed E-state index contributed by atoms with van der Waals surface area (Å²) >= 11 is 11.4. The molecule has 0 aliphatic carbocycles. The Labute approximate surface area is 137 Å². The summed E-state index contributed by atoms with van der Waals surface area (Å²) in [5.74, 6) is 0. The maximum atomic E-state index is 5.68. The van der Waals surface area contributed by atoms with Crippen molar-refractivity contribution in [3.05, 3.63) is 16.6 Å². The van der Waals surface area contributed by atoms with Crippen molar-refractivity contribution in [2.75, 3.05) is 0 Å². The number of rotatable bonds is 0. The van der Waals surface area contributed by atoms with Crippen molar-refractivity contribution in [3.63, 3.8) is 0 Å². The molecule has 0 bridgehead atoms. The quantitative estimate of drug-likeness (QED) is 0.119. The van der Waals surface area contributed by atoms with E-state index >= 15 is 0 Å². The Morgan fingerprint density at radius 2 is 1.75 bits per heavy atom. The molecule has 1 aromatic rings. The first-order chi connectivity index (χ1) is 4.13. The number of hydrogen-bond donors (Lipinski definition) is 0. The Balaban J connectivity index is -0.000000270. The number of nitrogens with zero attached hydrogens (tertiary/aromatic N) is 2. The van der Waals surface area contributed by atoms with Gasteiger partial charge in [0.15, 0.2) is 0 Å². The fourth-order valence-electron chi connectivity index (χ4n) is 0.590. The van der Waals surface area contributed by atoms with Crippen molar-refractivity contribution in [2.45, 2.75) is 0 Å². The molecule has 0 aliphatic heterocycles. The molecule has 0 spiro atoms. The fourth-order valence-corrected chi connectivity index (χ4v) is 0.919. The first-order valence-electron chi connectivity index (χ1n) is 2.42. The average Bonchev–Trinajstić information content (AvgIpc) is 1.98. The van der Waals surface area contributed by atoms with Crippen LogP contribution in [0.4, 0.5) is 0 Å². The molecular weight excluding hydrogens is 613 g/mol. The molecule has 1 aromatic heterocycles. The third-order valence-electron chi connectivity index (χ3n) is 1.06. The van der Waals surface area contributed by atoms with Gasteiger partial charge in [-0.05, 0) is 0 Å². The van der Waals surface area contributed by atoms with Crippen LogP contribution in [0.3, 0.4) is 0 Å². The van der Waals surface area contributed by atoms with Gasteiger partial charge in [-0.15, -0.1) is 23.2 Å². The van der Waals surface area contributed by atoms with Crippen molar-refractivity contribution in [1.29, 1.82) is 0 Å². The Morgan fingerprint density at radius 1 is 1.33 bits per heavy atom. The van der Waals surface area contributed by atoms with Crippen LogP contribution in [0.1, 0.15) is 0 Å². The van der Waals surface area contributed by atoms with Gasteiger partial charge in [0.1, 0.15) is 0 Å². The minimum Gasteiger partial charge on any atom is -1.00 e. The van der Waals surface area contributed by atoms with Crippen LogP contribution in [0.5, 0.6) is 0 Å². The molecular formula is C5H6Cl2HgI2N2. The van der Waals surface area contributed by atoms with Gasteiger partial charge in [-0.25, -0.2) is 0 Å². The number of imidazole rings is 1. The predicted octanol–water partition coefficient (Wildman–Crippen LogP) is -5.04. The third-order valence-corrected chi connectivity index (χ3v) is 2.02. The van der Waals surface area contributed by atoms with E-state index in [9.17, 15) is 0 Å². The molecule has 0 aromatic carbocycles. The van der Waals surface area contributed by atoms with Crippen LogP contribution in [0.15, 0.2) is 0 Å². The van der Waals surface area contributed by atoms with Crippen LogP contribution in [-0.4, -0.2) is 4.57 Å². The summed E-state index contributed by atoms with van der Waals surface area (Å²) in [6.07, 6.45) is 2.84. The van der Waals surface area contributed by atoms with Crippen LogP contribution in [0.25, 0.3) is 0 Å². The average molecular weight is 619 g/mol. The second kappa shape index (κ2) is 8.49. The molecule has 0 saturated carbocycles. The number of aryl methyl sites for hydroxylation is 2. The zero-order valence-corrected chi connectivity index (χ0v) is 17.9. The fraction of sp³-hybridized carbons (Fsp3) is 0.400. The summed E-state index contributed by atoms with van der Waals surface area (Å²) in [7, 11) is 3.57. The van der Waals surface area contributed by atoms with E-state index in [1.165, 1.54) is 0 Å². The van der Waals surface area contributed by atoms with Crippen molar-refractivity contribution in [3.8, 4) is 0 Å². The van der Waals surface area contributed by atoms with Crippen LogP contribution in [0.2, 0.25) is 10.3 Å². The summed E-state index contributed by atoms with van der Waals surface area (Å²) in [5, 5.41) is 1.03. The molecule has 0 aliphatic rings. The molecule has 1 rings (SSSR count). The van der Waals surface area contributed by atoms with Crippen molar-refractivity contribution < 1.29 is 80.2 Å². The van der Waals surface area contributed by atoms with E-state index in [0.717, 1.165) is 0 Å². The minimum atomic E-state index is 0. The van der Waals surface area contributed by atoms with Gasteiger partial charge in [-0.3, -0.25) is 0 Å². The second-order valence-electron chi connectivity index (χ2n) is 1.80. The van der Waals surface area contributed by atoms with Crippen molar-refractivity contribution in [1.82, 2.24) is 4.57 Å². The normalized spacial score (nSPS) is 7.67. The van der Waals surface area contributed by atoms with E-state index < -0.39 is 0 Å². The van der Waals surface area contributed by atoms with Gasteiger partial charge in [-0.1, -0.05) is 0 Å². The molecule has 0 radical (unpaired) electrons. The van der Waals surface area contributed by atoms with E-state index in [-0.39, 0.29) is 75.6 Å².